The van der Waals surface area contributed by atoms with Gasteiger partial charge in [0.15, 0.2) is 11.6 Å². The predicted molar refractivity (Wildman–Crippen MR) is 114 cm³/mol. The molecule has 4 rings (SSSR count). The van der Waals surface area contributed by atoms with Crippen LogP contribution >= 0.6 is 0 Å². The van der Waals surface area contributed by atoms with Gasteiger partial charge >= 0.3 is 6.18 Å². The monoisotopic (exact) mass is 442 g/mol. The van der Waals surface area contributed by atoms with Crippen molar-refractivity contribution < 1.29 is 18.0 Å². The maximum absolute atomic E-state index is 12.9. The Labute approximate surface area is 182 Å². The zero-order chi connectivity index (χ0) is 22.7. The van der Waals surface area contributed by atoms with Gasteiger partial charge in [0.05, 0.1) is 5.56 Å². The normalized spacial score (nSPS) is 14.4. The molecule has 3 heterocycles. The first-order chi connectivity index (χ1) is 15.3. The lowest BCUT2D eigenvalue weighted by Gasteiger charge is -2.35. The highest BCUT2D eigenvalue weighted by Crippen LogP contribution is 2.30. The number of piperazine rings is 1. The summed E-state index contributed by atoms with van der Waals surface area (Å²) in [5.74, 6) is 1.49. The number of halogens is 3. The van der Waals surface area contributed by atoms with Crippen molar-refractivity contribution in [3.05, 3.63) is 71.4 Å². The molecule has 0 aliphatic carbocycles. The number of aryl methyl sites for hydroxylation is 1. The summed E-state index contributed by atoms with van der Waals surface area (Å²) in [4.78, 5) is 20.6. The fraction of sp³-hybridized carbons (Fsp3) is 0.273. The molecule has 0 atom stereocenters. The van der Waals surface area contributed by atoms with Gasteiger partial charge in [0.25, 0.3) is 5.91 Å². The molecule has 0 saturated carbocycles. The highest BCUT2D eigenvalue weighted by atomic mass is 19.4. The van der Waals surface area contributed by atoms with Crippen molar-refractivity contribution in [3.63, 3.8) is 0 Å². The molecular formula is C22H21F3N6O. The van der Waals surface area contributed by atoms with E-state index >= 15 is 0 Å². The zero-order valence-electron chi connectivity index (χ0n) is 17.3. The van der Waals surface area contributed by atoms with E-state index in [1.54, 1.807) is 11.0 Å². The number of hydrogen-bond acceptors (Lipinski definition) is 6. The minimum atomic E-state index is -4.48. The van der Waals surface area contributed by atoms with Crippen LogP contribution in [0.15, 0.2) is 54.6 Å². The van der Waals surface area contributed by atoms with E-state index < -0.39 is 17.6 Å². The number of alkyl halides is 3. The van der Waals surface area contributed by atoms with E-state index in [1.165, 1.54) is 12.1 Å². The van der Waals surface area contributed by atoms with Gasteiger partial charge in [0.2, 0.25) is 0 Å². The number of pyridine rings is 1. The third-order valence-electron chi connectivity index (χ3n) is 5.12. The van der Waals surface area contributed by atoms with E-state index in [2.05, 4.69) is 20.5 Å². The number of benzene rings is 1. The number of nitrogens with zero attached hydrogens (tertiary/aromatic N) is 5. The minimum absolute atomic E-state index is 0.0354. The van der Waals surface area contributed by atoms with Crippen molar-refractivity contribution in [3.8, 4) is 0 Å². The van der Waals surface area contributed by atoms with E-state index in [4.69, 9.17) is 0 Å². The summed E-state index contributed by atoms with van der Waals surface area (Å²) in [6, 6.07) is 13.8. The van der Waals surface area contributed by atoms with Gasteiger partial charge < -0.3 is 15.1 Å². The third kappa shape index (κ3) is 4.96. The number of carbonyl (C=O) groups excluding carboxylic acids is 1. The summed E-state index contributed by atoms with van der Waals surface area (Å²) in [6.07, 6.45) is -4.48. The summed E-state index contributed by atoms with van der Waals surface area (Å²) in [6.45, 7) is 3.67. The molecule has 7 nitrogen and oxygen atoms in total. The average molecular weight is 442 g/mol. The molecule has 3 aromatic rings. The fourth-order valence-corrected chi connectivity index (χ4v) is 3.45. The van der Waals surface area contributed by atoms with Crippen LogP contribution in [0.1, 0.15) is 21.6 Å². The Morgan fingerprint density at radius 2 is 1.69 bits per heavy atom. The standard InChI is InChI=1S/C22H21F3N6O/c1-15-4-2-7-18(26-15)27-19-8-9-20(29-28-19)30-10-12-31(13-11-30)21(32)16-5-3-6-17(14-16)22(23,24)25/h2-9,14H,10-13H2,1H3,(H,26,27,28). The Hall–Kier alpha value is -3.69. The van der Waals surface area contributed by atoms with Gasteiger partial charge in [0, 0.05) is 37.4 Å². The molecule has 0 spiro atoms. The SMILES string of the molecule is Cc1cccc(Nc2ccc(N3CCN(C(=O)c4cccc(C(F)(F)F)c4)CC3)nn2)n1. The Kier molecular flexibility index (Phi) is 5.93. The lowest BCUT2D eigenvalue weighted by atomic mass is 10.1. The van der Waals surface area contributed by atoms with Gasteiger partial charge in [-0.1, -0.05) is 12.1 Å². The van der Waals surface area contributed by atoms with Crippen molar-refractivity contribution in [2.24, 2.45) is 0 Å². The molecule has 1 amide bonds. The van der Waals surface area contributed by atoms with Crippen molar-refractivity contribution in [2.45, 2.75) is 13.1 Å². The third-order valence-corrected chi connectivity index (χ3v) is 5.12. The second-order valence-corrected chi connectivity index (χ2v) is 7.42. The number of anilines is 3. The first-order valence-electron chi connectivity index (χ1n) is 10.1. The van der Waals surface area contributed by atoms with Crippen molar-refractivity contribution in [1.82, 2.24) is 20.1 Å². The maximum atomic E-state index is 12.9. The van der Waals surface area contributed by atoms with Crippen LogP contribution < -0.4 is 10.2 Å². The fourth-order valence-electron chi connectivity index (χ4n) is 3.45. The Balaban J connectivity index is 1.36. The molecule has 1 fully saturated rings. The second-order valence-electron chi connectivity index (χ2n) is 7.42. The number of carbonyl (C=O) groups is 1. The summed E-state index contributed by atoms with van der Waals surface area (Å²) >= 11 is 0. The first-order valence-corrected chi connectivity index (χ1v) is 10.1. The molecule has 0 radical (unpaired) electrons. The molecule has 32 heavy (non-hydrogen) atoms. The van der Waals surface area contributed by atoms with E-state index in [9.17, 15) is 18.0 Å². The van der Waals surface area contributed by atoms with Crippen LogP contribution in [-0.2, 0) is 6.18 Å². The summed E-state index contributed by atoms with van der Waals surface area (Å²) in [5, 5.41) is 11.5. The number of aromatic nitrogens is 3. The highest BCUT2D eigenvalue weighted by Gasteiger charge is 2.31. The molecule has 166 valence electrons. The van der Waals surface area contributed by atoms with E-state index in [-0.39, 0.29) is 5.56 Å². The molecule has 1 aliphatic rings. The van der Waals surface area contributed by atoms with Gasteiger partial charge in [-0.25, -0.2) is 4.98 Å². The van der Waals surface area contributed by atoms with Gasteiger partial charge in [0.1, 0.15) is 5.82 Å². The van der Waals surface area contributed by atoms with Crippen LogP contribution in [0.3, 0.4) is 0 Å². The van der Waals surface area contributed by atoms with Crippen LogP contribution in [-0.4, -0.2) is 52.2 Å². The molecular weight excluding hydrogens is 421 g/mol. The van der Waals surface area contributed by atoms with E-state index in [1.807, 2.05) is 36.1 Å². The van der Waals surface area contributed by atoms with Crippen molar-refractivity contribution in [2.75, 3.05) is 36.4 Å². The quantitative estimate of drug-likeness (QED) is 0.661. The Morgan fingerprint density at radius 1 is 0.938 bits per heavy atom. The number of nitrogens with one attached hydrogen (secondary N) is 1. The van der Waals surface area contributed by atoms with Crippen LogP contribution in [0.5, 0.6) is 0 Å². The highest BCUT2D eigenvalue weighted by molar-refractivity contribution is 5.94. The van der Waals surface area contributed by atoms with Gasteiger partial charge in [-0.15, -0.1) is 10.2 Å². The minimum Gasteiger partial charge on any atom is -0.352 e. The predicted octanol–water partition coefficient (Wildman–Crippen LogP) is 3.90. The van der Waals surface area contributed by atoms with E-state index in [0.29, 0.717) is 43.6 Å². The second kappa shape index (κ2) is 8.81. The van der Waals surface area contributed by atoms with Gasteiger partial charge in [-0.05, 0) is 49.4 Å². The van der Waals surface area contributed by atoms with Gasteiger partial charge in [-0.3, -0.25) is 4.79 Å². The van der Waals surface area contributed by atoms with Crippen molar-refractivity contribution in [1.29, 1.82) is 0 Å². The molecule has 1 aliphatic heterocycles. The zero-order valence-corrected chi connectivity index (χ0v) is 17.3. The molecule has 0 unspecified atom stereocenters. The largest absolute Gasteiger partial charge is 0.416 e. The first kappa shape index (κ1) is 21.5. The number of amides is 1. The summed E-state index contributed by atoms with van der Waals surface area (Å²) in [5.41, 5.74) is 0.0946. The van der Waals surface area contributed by atoms with Crippen molar-refractivity contribution >= 4 is 23.4 Å². The maximum Gasteiger partial charge on any atom is 0.416 e. The molecule has 1 N–H and O–H groups in total. The number of rotatable bonds is 4. The smallest absolute Gasteiger partial charge is 0.352 e. The summed E-state index contributed by atoms with van der Waals surface area (Å²) < 4.78 is 38.8. The number of hydrogen-bond donors (Lipinski definition) is 1. The average Bonchev–Trinajstić information content (AvgIpc) is 2.79. The molecule has 2 aromatic heterocycles. The molecule has 1 saturated heterocycles. The molecule has 10 heteroatoms. The van der Waals surface area contributed by atoms with Crippen LogP contribution in [0.25, 0.3) is 0 Å². The molecule has 0 bridgehead atoms. The Morgan fingerprint density at radius 3 is 2.34 bits per heavy atom. The molecule has 1 aromatic carbocycles. The topological polar surface area (TPSA) is 74.2 Å². The Bertz CT molecular complexity index is 1100. The van der Waals surface area contributed by atoms with Crippen LogP contribution in [0.2, 0.25) is 0 Å². The van der Waals surface area contributed by atoms with Crippen LogP contribution in [0, 0.1) is 6.92 Å². The van der Waals surface area contributed by atoms with Crippen LogP contribution in [0.4, 0.5) is 30.6 Å². The van der Waals surface area contributed by atoms with Gasteiger partial charge in [-0.2, -0.15) is 13.2 Å². The summed E-state index contributed by atoms with van der Waals surface area (Å²) in [7, 11) is 0. The van der Waals surface area contributed by atoms with E-state index in [0.717, 1.165) is 17.8 Å². The lowest BCUT2D eigenvalue weighted by molar-refractivity contribution is -0.137. The lowest BCUT2D eigenvalue weighted by Crippen LogP contribution is -2.49.